The predicted octanol–water partition coefficient (Wildman–Crippen LogP) is 3.43. The Bertz CT molecular complexity index is 488. The zero-order valence-electron chi connectivity index (χ0n) is 10.7. The average Bonchev–Trinajstić information content (AvgIpc) is 2.78. The fourth-order valence-electron chi connectivity index (χ4n) is 1.81. The fourth-order valence-corrected chi connectivity index (χ4v) is 2.17. The number of halogens is 1. The van der Waals surface area contributed by atoms with Crippen molar-refractivity contribution in [2.24, 2.45) is 5.92 Å². The van der Waals surface area contributed by atoms with Crippen molar-refractivity contribution in [2.75, 3.05) is 6.54 Å². The van der Waals surface area contributed by atoms with Gasteiger partial charge >= 0.3 is 0 Å². The highest BCUT2D eigenvalue weighted by molar-refractivity contribution is 14.1. The van der Waals surface area contributed by atoms with Crippen molar-refractivity contribution in [3.8, 4) is 11.3 Å². The Kier molecular flexibility index (Phi) is 4.77. The Balaban J connectivity index is 2.10. The van der Waals surface area contributed by atoms with E-state index in [-0.39, 0.29) is 0 Å². The summed E-state index contributed by atoms with van der Waals surface area (Å²) in [5.41, 5.74) is 3.52. The van der Waals surface area contributed by atoms with Crippen LogP contribution in [-0.4, -0.2) is 16.7 Å². The van der Waals surface area contributed by atoms with Gasteiger partial charge in [-0.3, -0.25) is 5.10 Å². The van der Waals surface area contributed by atoms with E-state index in [4.69, 9.17) is 0 Å². The number of aromatic amines is 1. The smallest absolute Gasteiger partial charge is 0.0695 e. The molecule has 0 saturated carbocycles. The summed E-state index contributed by atoms with van der Waals surface area (Å²) in [6.45, 7) is 6.30. The number of nitrogens with zero attached hydrogens (tertiary/aromatic N) is 1. The molecule has 2 rings (SSSR count). The molecule has 3 nitrogen and oxygen atoms in total. The molecule has 1 heterocycles. The van der Waals surface area contributed by atoms with Crippen LogP contribution in [-0.2, 0) is 6.54 Å². The molecule has 0 atom stereocenters. The second kappa shape index (κ2) is 6.33. The lowest BCUT2D eigenvalue weighted by atomic mass is 10.1. The summed E-state index contributed by atoms with van der Waals surface area (Å²) in [6, 6.07) is 8.48. The van der Waals surface area contributed by atoms with E-state index in [1.165, 1.54) is 14.7 Å². The maximum absolute atomic E-state index is 4.15. The molecule has 2 N–H and O–H groups in total. The third kappa shape index (κ3) is 3.55. The number of aromatic nitrogens is 2. The quantitative estimate of drug-likeness (QED) is 0.807. The first-order valence-electron chi connectivity index (χ1n) is 6.15. The van der Waals surface area contributed by atoms with Crippen molar-refractivity contribution in [1.29, 1.82) is 0 Å². The van der Waals surface area contributed by atoms with Gasteiger partial charge in [0, 0.05) is 15.7 Å². The highest BCUT2D eigenvalue weighted by atomic mass is 127. The molecule has 0 radical (unpaired) electrons. The van der Waals surface area contributed by atoms with Gasteiger partial charge < -0.3 is 5.32 Å². The molecule has 1 aromatic carbocycles. The van der Waals surface area contributed by atoms with E-state index >= 15 is 0 Å². The number of rotatable bonds is 5. The van der Waals surface area contributed by atoms with Crippen LogP contribution in [0.5, 0.6) is 0 Å². The van der Waals surface area contributed by atoms with Gasteiger partial charge in [0.1, 0.15) is 0 Å². The standard InChI is InChI=1S/C14H18IN3/c1-10(2)7-16-8-12-9-17-18-14(12)11-3-5-13(15)6-4-11/h3-6,9-10,16H,7-8H2,1-2H3,(H,17,18). The molecule has 0 spiro atoms. The first-order valence-corrected chi connectivity index (χ1v) is 7.23. The average molecular weight is 355 g/mol. The van der Waals surface area contributed by atoms with Crippen molar-refractivity contribution in [3.63, 3.8) is 0 Å². The van der Waals surface area contributed by atoms with Crippen LogP contribution in [0, 0.1) is 9.49 Å². The third-order valence-electron chi connectivity index (χ3n) is 2.72. The van der Waals surface area contributed by atoms with Gasteiger partial charge in [0.2, 0.25) is 0 Å². The SMILES string of the molecule is CC(C)CNCc1cn[nH]c1-c1ccc(I)cc1. The lowest BCUT2D eigenvalue weighted by Crippen LogP contribution is -2.19. The zero-order valence-corrected chi connectivity index (χ0v) is 12.9. The Morgan fingerprint density at radius 3 is 2.67 bits per heavy atom. The molecule has 0 unspecified atom stereocenters. The van der Waals surface area contributed by atoms with E-state index in [0.29, 0.717) is 5.92 Å². The summed E-state index contributed by atoms with van der Waals surface area (Å²) in [5.74, 6) is 0.665. The zero-order chi connectivity index (χ0) is 13.0. The van der Waals surface area contributed by atoms with E-state index in [1.54, 1.807) is 0 Å². The number of hydrogen-bond donors (Lipinski definition) is 2. The lowest BCUT2D eigenvalue weighted by molar-refractivity contribution is 0.553. The van der Waals surface area contributed by atoms with Gasteiger partial charge in [-0.05, 0) is 52.7 Å². The van der Waals surface area contributed by atoms with Crippen LogP contribution in [0.25, 0.3) is 11.3 Å². The molecule has 2 aromatic rings. The summed E-state index contributed by atoms with van der Waals surface area (Å²) in [7, 11) is 0. The topological polar surface area (TPSA) is 40.7 Å². The lowest BCUT2D eigenvalue weighted by Gasteiger charge is -2.08. The van der Waals surface area contributed by atoms with Gasteiger partial charge in [-0.25, -0.2) is 0 Å². The molecule has 4 heteroatoms. The number of H-pyrrole nitrogens is 1. The minimum Gasteiger partial charge on any atom is -0.312 e. The molecule has 0 aliphatic carbocycles. The van der Waals surface area contributed by atoms with Crippen LogP contribution >= 0.6 is 22.6 Å². The Hall–Kier alpha value is -0.880. The van der Waals surface area contributed by atoms with Crippen molar-refractivity contribution < 1.29 is 0 Å². The van der Waals surface area contributed by atoms with Crippen molar-refractivity contribution in [1.82, 2.24) is 15.5 Å². The maximum atomic E-state index is 4.15. The predicted molar refractivity (Wildman–Crippen MR) is 83.3 cm³/mol. The second-order valence-electron chi connectivity index (χ2n) is 4.80. The van der Waals surface area contributed by atoms with Crippen LogP contribution < -0.4 is 5.32 Å². The van der Waals surface area contributed by atoms with Crippen LogP contribution in [0.1, 0.15) is 19.4 Å². The van der Waals surface area contributed by atoms with Crippen LogP contribution in [0.3, 0.4) is 0 Å². The summed E-state index contributed by atoms with van der Waals surface area (Å²) in [5, 5.41) is 10.7. The van der Waals surface area contributed by atoms with Crippen LogP contribution in [0.15, 0.2) is 30.5 Å². The minimum absolute atomic E-state index is 0.665. The minimum atomic E-state index is 0.665. The van der Waals surface area contributed by atoms with E-state index in [1.807, 2.05) is 6.20 Å². The number of hydrogen-bond acceptors (Lipinski definition) is 2. The van der Waals surface area contributed by atoms with Gasteiger partial charge in [-0.2, -0.15) is 5.10 Å². The number of benzene rings is 1. The summed E-state index contributed by atoms with van der Waals surface area (Å²) < 4.78 is 1.25. The van der Waals surface area contributed by atoms with Crippen LogP contribution in [0.2, 0.25) is 0 Å². The Morgan fingerprint density at radius 2 is 2.00 bits per heavy atom. The van der Waals surface area contributed by atoms with Gasteiger partial charge in [0.15, 0.2) is 0 Å². The van der Waals surface area contributed by atoms with Crippen LogP contribution in [0.4, 0.5) is 0 Å². The van der Waals surface area contributed by atoms with E-state index in [9.17, 15) is 0 Å². The summed E-state index contributed by atoms with van der Waals surface area (Å²) in [6.07, 6.45) is 1.90. The van der Waals surface area contributed by atoms with Gasteiger partial charge in [-0.1, -0.05) is 26.0 Å². The van der Waals surface area contributed by atoms with Crippen molar-refractivity contribution in [3.05, 3.63) is 39.6 Å². The van der Waals surface area contributed by atoms with E-state index < -0.39 is 0 Å². The maximum Gasteiger partial charge on any atom is 0.0695 e. The van der Waals surface area contributed by atoms with E-state index in [2.05, 4.69) is 76.2 Å². The third-order valence-corrected chi connectivity index (χ3v) is 3.44. The fraction of sp³-hybridized carbons (Fsp3) is 0.357. The first-order chi connectivity index (χ1) is 8.66. The molecule has 0 saturated heterocycles. The molecule has 0 amide bonds. The molecule has 0 bridgehead atoms. The first kappa shape index (κ1) is 13.5. The Morgan fingerprint density at radius 1 is 1.28 bits per heavy atom. The van der Waals surface area contributed by atoms with Gasteiger partial charge in [0.05, 0.1) is 11.9 Å². The number of nitrogens with one attached hydrogen (secondary N) is 2. The summed E-state index contributed by atoms with van der Waals surface area (Å²) in [4.78, 5) is 0. The molecule has 1 aromatic heterocycles. The highest BCUT2D eigenvalue weighted by Gasteiger charge is 2.07. The highest BCUT2D eigenvalue weighted by Crippen LogP contribution is 2.21. The molecular formula is C14H18IN3. The molecule has 18 heavy (non-hydrogen) atoms. The largest absolute Gasteiger partial charge is 0.312 e. The monoisotopic (exact) mass is 355 g/mol. The molecule has 96 valence electrons. The van der Waals surface area contributed by atoms with Crippen molar-refractivity contribution in [2.45, 2.75) is 20.4 Å². The second-order valence-corrected chi connectivity index (χ2v) is 6.05. The molecular weight excluding hydrogens is 337 g/mol. The molecule has 0 aliphatic rings. The Labute approximate surface area is 122 Å². The van der Waals surface area contributed by atoms with Gasteiger partial charge in [0.25, 0.3) is 0 Å². The van der Waals surface area contributed by atoms with E-state index in [0.717, 1.165) is 18.8 Å². The molecule has 0 aliphatic heterocycles. The molecule has 0 fully saturated rings. The summed E-state index contributed by atoms with van der Waals surface area (Å²) >= 11 is 2.31. The van der Waals surface area contributed by atoms with Gasteiger partial charge in [-0.15, -0.1) is 0 Å². The normalized spacial score (nSPS) is 11.1. The van der Waals surface area contributed by atoms with Crippen molar-refractivity contribution >= 4 is 22.6 Å².